The van der Waals surface area contributed by atoms with Crippen molar-refractivity contribution in [1.29, 1.82) is 0 Å². The van der Waals surface area contributed by atoms with Gasteiger partial charge in [-0.1, -0.05) is 18.2 Å². The maximum atomic E-state index is 13.1. The van der Waals surface area contributed by atoms with E-state index in [9.17, 15) is 4.79 Å². The van der Waals surface area contributed by atoms with Gasteiger partial charge in [0.05, 0.1) is 25.0 Å². The molecule has 1 aliphatic rings. The number of rotatable bonds is 4. The highest BCUT2D eigenvalue weighted by Gasteiger charge is 2.29. The van der Waals surface area contributed by atoms with Crippen LogP contribution in [0.5, 0.6) is 5.75 Å². The summed E-state index contributed by atoms with van der Waals surface area (Å²) in [6, 6.07) is 13.6. The fourth-order valence-corrected chi connectivity index (χ4v) is 3.82. The van der Waals surface area contributed by atoms with Crippen LogP contribution in [0.15, 0.2) is 54.9 Å². The molecule has 1 amide bonds. The highest BCUT2D eigenvalue weighted by molar-refractivity contribution is 5.94. The van der Waals surface area contributed by atoms with Crippen LogP contribution in [0.25, 0.3) is 5.65 Å². The van der Waals surface area contributed by atoms with Crippen LogP contribution in [0.2, 0.25) is 0 Å². The molecule has 3 aromatic heterocycles. The van der Waals surface area contributed by atoms with Crippen molar-refractivity contribution in [2.75, 3.05) is 7.11 Å². The van der Waals surface area contributed by atoms with Gasteiger partial charge < -0.3 is 14.0 Å². The van der Waals surface area contributed by atoms with Crippen molar-refractivity contribution in [2.24, 2.45) is 0 Å². The second-order valence-electron chi connectivity index (χ2n) is 7.42. The Morgan fingerprint density at radius 3 is 2.70 bits per heavy atom. The van der Waals surface area contributed by atoms with Crippen molar-refractivity contribution in [3.63, 3.8) is 0 Å². The number of nitrogens with zero attached hydrogens (tertiary/aromatic N) is 5. The molecule has 0 bridgehead atoms. The Balaban J connectivity index is 1.35. The minimum atomic E-state index is -0.0779. The van der Waals surface area contributed by atoms with Gasteiger partial charge in [0.1, 0.15) is 22.9 Å². The topological polar surface area (TPSA) is 72.6 Å². The van der Waals surface area contributed by atoms with Gasteiger partial charge in [-0.15, -0.1) is 0 Å². The van der Waals surface area contributed by atoms with E-state index in [0.29, 0.717) is 25.2 Å². The number of pyridine rings is 1. The first-order valence-corrected chi connectivity index (χ1v) is 9.82. The zero-order valence-electron chi connectivity index (χ0n) is 16.9. The van der Waals surface area contributed by atoms with Crippen molar-refractivity contribution < 1.29 is 9.53 Å². The number of methoxy groups -OCH3 is 1. The third-order valence-electron chi connectivity index (χ3n) is 5.49. The molecule has 4 aromatic rings. The average Bonchev–Trinajstić information content (AvgIpc) is 3.35. The van der Waals surface area contributed by atoms with Crippen molar-refractivity contribution in [3.8, 4) is 5.75 Å². The molecular weight excluding hydrogens is 378 g/mol. The Kier molecular flexibility index (Phi) is 4.43. The molecule has 0 N–H and O–H groups in total. The summed E-state index contributed by atoms with van der Waals surface area (Å²) in [5.74, 6) is 1.49. The quantitative estimate of drug-likeness (QED) is 0.527. The van der Waals surface area contributed by atoms with Crippen LogP contribution in [0, 0.1) is 6.92 Å². The summed E-state index contributed by atoms with van der Waals surface area (Å²) < 4.78 is 7.14. The average molecular weight is 399 g/mol. The fourth-order valence-electron chi connectivity index (χ4n) is 3.82. The number of ether oxygens (including phenoxy) is 1. The highest BCUT2D eigenvalue weighted by atomic mass is 16.5. The Morgan fingerprint density at radius 1 is 1.10 bits per heavy atom. The first-order valence-electron chi connectivity index (χ1n) is 9.82. The van der Waals surface area contributed by atoms with Crippen LogP contribution in [0.4, 0.5) is 0 Å². The second-order valence-corrected chi connectivity index (χ2v) is 7.42. The third kappa shape index (κ3) is 3.18. The SMILES string of the molecule is COc1ccc(Cc2ncc3c(n2)CN(C(=O)c2nc4ccccn4c2C)C3)cc1. The Morgan fingerprint density at radius 2 is 1.93 bits per heavy atom. The van der Waals surface area contributed by atoms with Gasteiger partial charge in [0.2, 0.25) is 0 Å². The maximum absolute atomic E-state index is 13.1. The minimum absolute atomic E-state index is 0.0779. The van der Waals surface area contributed by atoms with E-state index in [4.69, 9.17) is 9.72 Å². The number of benzene rings is 1. The standard InChI is InChI=1S/C23H21N5O2/c1-15-22(26-21-5-3-4-10-28(15)21)23(29)27-13-17-12-24-20(25-19(17)14-27)11-16-6-8-18(30-2)9-7-16/h3-10,12H,11,13-14H2,1-2H3. The molecule has 0 atom stereocenters. The number of hydrogen-bond donors (Lipinski definition) is 0. The zero-order chi connectivity index (χ0) is 20.7. The van der Waals surface area contributed by atoms with Crippen LogP contribution in [0.1, 0.15) is 38.8 Å². The molecule has 7 heteroatoms. The normalized spacial score (nSPS) is 12.9. The van der Waals surface area contributed by atoms with E-state index >= 15 is 0 Å². The molecule has 0 saturated heterocycles. The number of aromatic nitrogens is 4. The van der Waals surface area contributed by atoms with E-state index in [-0.39, 0.29) is 5.91 Å². The van der Waals surface area contributed by atoms with Crippen LogP contribution in [-0.4, -0.2) is 37.3 Å². The first-order chi connectivity index (χ1) is 14.6. The predicted molar refractivity (Wildman–Crippen MR) is 111 cm³/mol. The van der Waals surface area contributed by atoms with Crippen LogP contribution in [-0.2, 0) is 19.5 Å². The summed E-state index contributed by atoms with van der Waals surface area (Å²) in [6.45, 7) is 2.90. The molecule has 5 rings (SSSR count). The van der Waals surface area contributed by atoms with E-state index in [1.807, 2.05) is 66.2 Å². The van der Waals surface area contributed by atoms with Crippen molar-refractivity contribution in [2.45, 2.75) is 26.4 Å². The first kappa shape index (κ1) is 18.3. The summed E-state index contributed by atoms with van der Waals surface area (Å²) in [6.07, 6.45) is 4.39. The lowest BCUT2D eigenvalue weighted by atomic mass is 10.1. The van der Waals surface area contributed by atoms with Crippen molar-refractivity contribution in [3.05, 3.63) is 88.9 Å². The van der Waals surface area contributed by atoms with Crippen LogP contribution in [0.3, 0.4) is 0 Å². The van der Waals surface area contributed by atoms with Crippen LogP contribution < -0.4 is 4.74 Å². The molecule has 0 unspecified atom stereocenters. The third-order valence-corrected chi connectivity index (χ3v) is 5.49. The molecule has 150 valence electrons. The number of imidazole rings is 1. The Bertz CT molecular complexity index is 1250. The van der Waals surface area contributed by atoms with Gasteiger partial charge in [0.25, 0.3) is 5.91 Å². The molecule has 0 aliphatic carbocycles. The number of hydrogen-bond acceptors (Lipinski definition) is 5. The molecule has 1 aliphatic heterocycles. The smallest absolute Gasteiger partial charge is 0.275 e. The fraction of sp³-hybridized carbons (Fsp3) is 0.217. The molecule has 1 aromatic carbocycles. The van der Waals surface area contributed by atoms with Gasteiger partial charge in [-0.05, 0) is 36.8 Å². The molecule has 30 heavy (non-hydrogen) atoms. The summed E-state index contributed by atoms with van der Waals surface area (Å²) in [5.41, 5.74) is 5.11. The minimum Gasteiger partial charge on any atom is -0.497 e. The largest absolute Gasteiger partial charge is 0.497 e. The summed E-state index contributed by atoms with van der Waals surface area (Å²) >= 11 is 0. The highest BCUT2D eigenvalue weighted by Crippen LogP contribution is 2.24. The predicted octanol–water partition coefficient (Wildman–Crippen LogP) is 3.19. The van der Waals surface area contributed by atoms with E-state index in [1.54, 1.807) is 12.0 Å². The number of carbonyl (C=O) groups excluding carboxylic acids is 1. The summed E-state index contributed by atoms with van der Waals surface area (Å²) in [5, 5.41) is 0. The molecular formula is C23H21N5O2. The number of fused-ring (bicyclic) bond motifs is 2. The molecule has 0 radical (unpaired) electrons. The van der Waals surface area contributed by atoms with Crippen molar-refractivity contribution in [1.82, 2.24) is 24.3 Å². The monoisotopic (exact) mass is 399 g/mol. The molecule has 7 nitrogen and oxygen atoms in total. The van der Waals surface area contributed by atoms with Gasteiger partial charge in [-0.3, -0.25) is 4.79 Å². The van der Waals surface area contributed by atoms with Gasteiger partial charge in [0, 0.05) is 30.9 Å². The second kappa shape index (κ2) is 7.26. The molecule has 4 heterocycles. The lowest BCUT2D eigenvalue weighted by molar-refractivity contribution is 0.0744. The molecule has 0 saturated carbocycles. The van der Waals surface area contributed by atoms with E-state index < -0.39 is 0 Å². The van der Waals surface area contributed by atoms with Gasteiger partial charge in [-0.25, -0.2) is 15.0 Å². The summed E-state index contributed by atoms with van der Waals surface area (Å²) in [7, 11) is 1.65. The van der Waals surface area contributed by atoms with Gasteiger partial charge in [-0.2, -0.15) is 0 Å². The number of carbonyl (C=O) groups is 1. The van der Waals surface area contributed by atoms with Gasteiger partial charge in [0.15, 0.2) is 0 Å². The zero-order valence-corrected chi connectivity index (χ0v) is 16.9. The van der Waals surface area contributed by atoms with Gasteiger partial charge >= 0.3 is 0 Å². The number of amides is 1. The van der Waals surface area contributed by atoms with Crippen molar-refractivity contribution >= 4 is 11.6 Å². The maximum Gasteiger partial charge on any atom is 0.275 e. The lowest BCUT2D eigenvalue weighted by Crippen LogP contribution is -2.26. The molecule has 0 spiro atoms. The Hall–Kier alpha value is -3.74. The lowest BCUT2D eigenvalue weighted by Gasteiger charge is -2.13. The van der Waals surface area contributed by atoms with E-state index in [0.717, 1.165) is 39.7 Å². The Labute approximate surface area is 174 Å². The number of aryl methyl sites for hydroxylation is 1. The van der Waals surface area contributed by atoms with E-state index in [1.165, 1.54) is 0 Å². The van der Waals surface area contributed by atoms with Crippen LogP contribution >= 0.6 is 0 Å². The molecule has 0 fully saturated rings. The summed E-state index contributed by atoms with van der Waals surface area (Å²) in [4.78, 5) is 28.7. The van der Waals surface area contributed by atoms with E-state index in [2.05, 4.69) is 9.97 Å².